The van der Waals surface area contributed by atoms with Gasteiger partial charge in [0.2, 0.25) is 5.82 Å². The molecule has 1 aromatic heterocycles. The molecule has 2 rings (SSSR count). The molecule has 0 radical (unpaired) electrons. The Labute approximate surface area is 106 Å². The number of nitrogens with zero attached hydrogens (tertiary/aromatic N) is 2. The minimum absolute atomic E-state index is 0.0269. The van der Waals surface area contributed by atoms with Crippen LogP contribution in [0.2, 0.25) is 0 Å². The summed E-state index contributed by atoms with van der Waals surface area (Å²) in [6.07, 6.45) is 0.224. The Kier molecular flexibility index (Phi) is 3.14. The van der Waals surface area contributed by atoms with Crippen LogP contribution in [0.1, 0.15) is 56.5 Å². The zero-order valence-corrected chi connectivity index (χ0v) is 11.2. The zero-order valence-electron chi connectivity index (χ0n) is 11.2. The molecule has 1 amide bonds. The Morgan fingerprint density at radius 3 is 2.67 bits per heavy atom. The van der Waals surface area contributed by atoms with Crippen LogP contribution in [0.15, 0.2) is 0 Å². The van der Waals surface area contributed by atoms with Crippen molar-refractivity contribution in [3.05, 3.63) is 11.6 Å². The van der Waals surface area contributed by atoms with Crippen LogP contribution < -0.4 is 5.32 Å². The number of nitrogens with one attached hydrogen (secondary N) is 2. The van der Waals surface area contributed by atoms with Gasteiger partial charge in [0, 0.05) is 17.4 Å². The van der Waals surface area contributed by atoms with E-state index < -0.39 is 0 Å². The predicted molar refractivity (Wildman–Crippen MR) is 66.1 cm³/mol. The molecule has 2 unspecified atom stereocenters. The molecule has 2 atom stereocenters. The summed E-state index contributed by atoms with van der Waals surface area (Å²) in [4.78, 5) is 16.1. The number of rotatable bonds is 3. The van der Waals surface area contributed by atoms with Crippen molar-refractivity contribution in [1.29, 1.82) is 0 Å². The summed E-state index contributed by atoms with van der Waals surface area (Å²) >= 11 is 0. The first kappa shape index (κ1) is 13.0. The third kappa shape index (κ3) is 2.12. The number of aromatic amines is 1. The number of hydrogen-bond acceptors (Lipinski definition) is 4. The molecule has 100 valence electrons. The first-order valence-electron chi connectivity index (χ1n) is 6.23. The van der Waals surface area contributed by atoms with E-state index in [9.17, 15) is 9.90 Å². The number of H-pyrrole nitrogens is 1. The molecular weight excluding hydrogens is 232 g/mol. The predicted octanol–water partition coefficient (Wildman–Crippen LogP) is 0.817. The highest BCUT2D eigenvalue weighted by Gasteiger charge is 2.48. The molecule has 0 saturated heterocycles. The average molecular weight is 252 g/mol. The number of hydrogen-bond donors (Lipinski definition) is 3. The number of aliphatic hydroxyl groups is 1. The van der Waals surface area contributed by atoms with Gasteiger partial charge in [0.15, 0.2) is 0 Å². The van der Waals surface area contributed by atoms with Crippen LogP contribution in [0, 0.1) is 5.41 Å². The van der Waals surface area contributed by atoms with Gasteiger partial charge in [-0.05, 0) is 6.42 Å². The van der Waals surface area contributed by atoms with Crippen molar-refractivity contribution >= 4 is 5.91 Å². The van der Waals surface area contributed by atoms with Crippen LogP contribution in [0.4, 0.5) is 0 Å². The van der Waals surface area contributed by atoms with E-state index in [4.69, 9.17) is 0 Å². The van der Waals surface area contributed by atoms with Crippen molar-refractivity contribution in [3.8, 4) is 0 Å². The molecular formula is C12H20N4O2. The molecule has 1 aliphatic rings. The molecule has 0 bridgehead atoms. The summed E-state index contributed by atoms with van der Waals surface area (Å²) in [5.74, 6) is 0.785. The van der Waals surface area contributed by atoms with E-state index in [1.807, 2.05) is 27.7 Å². The van der Waals surface area contributed by atoms with Gasteiger partial charge in [0.05, 0.1) is 6.10 Å². The molecule has 0 spiro atoms. The topological polar surface area (TPSA) is 90.9 Å². The summed E-state index contributed by atoms with van der Waals surface area (Å²) in [7, 11) is 0. The quantitative estimate of drug-likeness (QED) is 0.742. The minimum atomic E-state index is -0.360. The Morgan fingerprint density at radius 2 is 2.22 bits per heavy atom. The maximum atomic E-state index is 11.9. The summed E-state index contributed by atoms with van der Waals surface area (Å²) < 4.78 is 0. The molecule has 0 aliphatic heterocycles. The molecule has 1 saturated carbocycles. The molecule has 6 heteroatoms. The van der Waals surface area contributed by atoms with Gasteiger partial charge in [-0.2, -0.15) is 0 Å². The molecule has 1 aliphatic carbocycles. The van der Waals surface area contributed by atoms with Gasteiger partial charge in [-0.15, -0.1) is 5.10 Å². The second-order valence-corrected chi connectivity index (χ2v) is 5.80. The van der Waals surface area contributed by atoms with E-state index in [0.717, 1.165) is 0 Å². The van der Waals surface area contributed by atoms with Crippen LogP contribution in [-0.4, -0.2) is 38.3 Å². The number of carbonyl (C=O) groups is 1. The Hall–Kier alpha value is -1.43. The first-order valence-corrected chi connectivity index (χ1v) is 6.23. The highest BCUT2D eigenvalue weighted by molar-refractivity contribution is 5.90. The van der Waals surface area contributed by atoms with Crippen LogP contribution in [0.25, 0.3) is 0 Å². The lowest BCUT2D eigenvalue weighted by Crippen LogP contribution is -2.61. The summed E-state index contributed by atoms with van der Waals surface area (Å²) in [5, 5.41) is 19.1. The van der Waals surface area contributed by atoms with Crippen LogP contribution >= 0.6 is 0 Å². The van der Waals surface area contributed by atoms with Crippen LogP contribution in [0.5, 0.6) is 0 Å². The summed E-state index contributed by atoms with van der Waals surface area (Å²) in [6, 6.07) is -0.0269. The van der Waals surface area contributed by atoms with E-state index in [1.54, 1.807) is 0 Å². The molecule has 1 heterocycles. The fourth-order valence-electron chi connectivity index (χ4n) is 2.00. The van der Waals surface area contributed by atoms with Crippen molar-refractivity contribution in [2.45, 2.75) is 52.2 Å². The molecule has 6 nitrogen and oxygen atoms in total. The monoisotopic (exact) mass is 252 g/mol. The number of aromatic nitrogens is 3. The number of carbonyl (C=O) groups excluding carboxylic acids is 1. The van der Waals surface area contributed by atoms with E-state index in [1.165, 1.54) is 0 Å². The van der Waals surface area contributed by atoms with E-state index >= 15 is 0 Å². The largest absolute Gasteiger partial charge is 0.392 e. The molecule has 18 heavy (non-hydrogen) atoms. The summed E-state index contributed by atoms with van der Waals surface area (Å²) in [5.41, 5.74) is -0.285. The van der Waals surface area contributed by atoms with Gasteiger partial charge in [-0.1, -0.05) is 27.7 Å². The molecule has 1 aromatic rings. The zero-order chi connectivity index (χ0) is 13.5. The Bertz CT molecular complexity index is 453. The smallest absolute Gasteiger partial charge is 0.291 e. The molecule has 3 N–H and O–H groups in total. The maximum Gasteiger partial charge on any atom is 0.291 e. The SMILES string of the molecule is CC(C)c1nc(C(=O)NC2CC(O)C2(C)C)n[nH]1. The fourth-order valence-corrected chi connectivity index (χ4v) is 2.00. The van der Waals surface area contributed by atoms with E-state index in [0.29, 0.717) is 12.2 Å². The van der Waals surface area contributed by atoms with Crippen molar-refractivity contribution in [3.63, 3.8) is 0 Å². The van der Waals surface area contributed by atoms with Gasteiger partial charge in [-0.25, -0.2) is 4.98 Å². The Balaban J connectivity index is 2.00. The van der Waals surface area contributed by atoms with Crippen molar-refractivity contribution in [2.75, 3.05) is 0 Å². The summed E-state index contributed by atoms with van der Waals surface area (Å²) in [6.45, 7) is 7.83. The first-order chi connectivity index (χ1) is 8.32. The highest BCUT2D eigenvalue weighted by Crippen LogP contribution is 2.40. The van der Waals surface area contributed by atoms with Crippen LogP contribution in [0.3, 0.4) is 0 Å². The fraction of sp³-hybridized carbons (Fsp3) is 0.750. The second-order valence-electron chi connectivity index (χ2n) is 5.80. The van der Waals surface area contributed by atoms with Gasteiger partial charge in [0.25, 0.3) is 5.91 Å². The van der Waals surface area contributed by atoms with Gasteiger partial charge in [0.1, 0.15) is 5.82 Å². The maximum absolute atomic E-state index is 11.9. The van der Waals surface area contributed by atoms with Gasteiger partial charge >= 0.3 is 0 Å². The molecule has 1 fully saturated rings. The van der Waals surface area contributed by atoms with E-state index in [-0.39, 0.29) is 35.2 Å². The number of amides is 1. The normalized spacial score (nSPS) is 25.9. The standard InChI is InChI=1S/C12H20N4O2/c1-6(2)9-14-10(16-15-9)11(18)13-7-5-8(17)12(7,3)4/h6-8,17H,5H2,1-4H3,(H,13,18)(H,14,15,16). The van der Waals surface area contributed by atoms with Crippen LogP contribution in [-0.2, 0) is 0 Å². The Morgan fingerprint density at radius 1 is 1.56 bits per heavy atom. The lowest BCUT2D eigenvalue weighted by atomic mass is 9.64. The second kappa shape index (κ2) is 4.35. The molecule has 0 aromatic carbocycles. The van der Waals surface area contributed by atoms with E-state index in [2.05, 4.69) is 20.5 Å². The third-order valence-electron chi connectivity index (χ3n) is 3.77. The lowest BCUT2D eigenvalue weighted by molar-refractivity contribution is -0.0690. The third-order valence-corrected chi connectivity index (χ3v) is 3.77. The van der Waals surface area contributed by atoms with Gasteiger partial charge < -0.3 is 10.4 Å². The minimum Gasteiger partial charge on any atom is -0.392 e. The van der Waals surface area contributed by atoms with Crippen molar-refractivity contribution < 1.29 is 9.90 Å². The average Bonchev–Trinajstić information content (AvgIpc) is 2.78. The highest BCUT2D eigenvalue weighted by atomic mass is 16.3. The van der Waals surface area contributed by atoms with Gasteiger partial charge in [-0.3, -0.25) is 9.89 Å². The number of aliphatic hydroxyl groups excluding tert-OH is 1. The van der Waals surface area contributed by atoms with Crippen molar-refractivity contribution in [2.24, 2.45) is 5.41 Å². The van der Waals surface area contributed by atoms with Crippen molar-refractivity contribution in [1.82, 2.24) is 20.5 Å². The lowest BCUT2D eigenvalue weighted by Gasteiger charge is -2.49.